The van der Waals surface area contributed by atoms with Gasteiger partial charge in [-0.1, -0.05) is 36.4 Å². The second-order valence-corrected chi connectivity index (χ2v) is 8.93. The van der Waals surface area contributed by atoms with Gasteiger partial charge in [-0.05, 0) is 42.8 Å². The highest BCUT2D eigenvalue weighted by atomic mass is 32.2. The first kappa shape index (κ1) is 22.3. The van der Waals surface area contributed by atoms with Crippen LogP contribution in [0.15, 0.2) is 82.3 Å². The third-order valence-electron chi connectivity index (χ3n) is 4.84. The molecule has 1 aromatic heterocycles. The molecule has 0 unspecified atom stereocenters. The largest absolute Gasteiger partial charge is 0.481 e. The van der Waals surface area contributed by atoms with E-state index in [1.165, 1.54) is 37.5 Å². The first-order valence-electron chi connectivity index (χ1n) is 9.41. The Morgan fingerprint density at radius 2 is 1.77 bits per heavy atom. The van der Waals surface area contributed by atoms with E-state index in [4.69, 9.17) is 4.42 Å². The van der Waals surface area contributed by atoms with Crippen LogP contribution in [0.4, 0.5) is 5.69 Å². The van der Waals surface area contributed by atoms with E-state index in [0.29, 0.717) is 11.3 Å². The molecule has 3 aromatic rings. The summed E-state index contributed by atoms with van der Waals surface area (Å²) >= 11 is 0. The number of anilines is 1. The molecule has 1 atom stereocenters. The Hall–Kier alpha value is -3.43. The van der Waals surface area contributed by atoms with Crippen molar-refractivity contribution in [3.05, 3.63) is 84.3 Å². The van der Waals surface area contributed by atoms with Gasteiger partial charge >= 0.3 is 5.97 Å². The zero-order valence-corrected chi connectivity index (χ0v) is 17.6. The number of sulfonamides is 1. The van der Waals surface area contributed by atoms with E-state index in [1.807, 2.05) is 0 Å². The minimum absolute atomic E-state index is 0.0139. The summed E-state index contributed by atoms with van der Waals surface area (Å²) in [5, 5.41) is 12.3. The summed E-state index contributed by atoms with van der Waals surface area (Å²) in [6.07, 6.45) is 1.13. The molecule has 0 aliphatic rings. The molecular weight excluding hydrogens is 420 g/mol. The van der Waals surface area contributed by atoms with E-state index in [1.54, 1.807) is 42.5 Å². The van der Waals surface area contributed by atoms with Gasteiger partial charge in [-0.3, -0.25) is 9.59 Å². The van der Waals surface area contributed by atoms with Gasteiger partial charge in [0, 0.05) is 12.1 Å². The Bertz CT molecular complexity index is 1160. The number of benzene rings is 2. The number of nitrogens with one attached hydrogen (secondary N) is 2. The third kappa shape index (κ3) is 5.39. The molecule has 8 nitrogen and oxygen atoms in total. The Morgan fingerprint density at radius 1 is 1.03 bits per heavy atom. The zero-order valence-electron chi connectivity index (χ0n) is 16.7. The molecular formula is C22H22N2O6S. The molecule has 0 spiro atoms. The minimum atomic E-state index is -3.84. The van der Waals surface area contributed by atoms with Gasteiger partial charge < -0.3 is 14.8 Å². The van der Waals surface area contributed by atoms with Crippen molar-refractivity contribution in [3.8, 4) is 0 Å². The van der Waals surface area contributed by atoms with Crippen LogP contribution in [0.3, 0.4) is 0 Å². The monoisotopic (exact) mass is 442 g/mol. The van der Waals surface area contributed by atoms with E-state index in [-0.39, 0.29) is 23.5 Å². The Morgan fingerprint density at radius 3 is 2.42 bits per heavy atom. The number of carboxylic acids is 1. The van der Waals surface area contributed by atoms with Gasteiger partial charge in [0.05, 0.1) is 23.1 Å². The molecule has 162 valence electrons. The van der Waals surface area contributed by atoms with Crippen molar-refractivity contribution in [3.63, 3.8) is 0 Å². The van der Waals surface area contributed by atoms with Gasteiger partial charge in [0.15, 0.2) is 0 Å². The number of hydrogen-bond donors (Lipinski definition) is 3. The molecule has 31 heavy (non-hydrogen) atoms. The topological polar surface area (TPSA) is 126 Å². The summed E-state index contributed by atoms with van der Waals surface area (Å²) in [5.74, 6) is -1.22. The van der Waals surface area contributed by atoms with Crippen LogP contribution in [-0.4, -0.2) is 25.4 Å². The molecule has 1 amide bonds. The highest BCUT2D eigenvalue weighted by Crippen LogP contribution is 2.29. The average Bonchev–Trinajstić information content (AvgIpc) is 3.27. The van der Waals surface area contributed by atoms with Gasteiger partial charge in [0.2, 0.25) is 15.9 Å². The van der Waals surface area contributed by atoms with Crippen molar-refractivity contribution in [1.29, 1.82) is 0 Å². The second kappa shape index (κ2) is 9.15. The van der Waals surface area contributed by atoms with E-state index in [2.05, 4.69) is 10.0 Å². The number of carbonyl (C=O) groups excluding carboxylic acids is 1. The number of carboxylic acid groups (broad SMARTS) is 1. The summed E-state index contributed by atoms with van der Waals surface area (Å²) in [7, 11) is -3.84. The number of rotatable bonds is 9. The van der Waals surface area contributed by atoms with Crippen LogP contribution in [0, 0.1) is 0 Å². The Kier molecular flexibility index (Phi) is 6.57. The fraction of sp³-hybridized carbons (Fsp3) is 0.182. The molecule has 3 rings (SSSR count). The molecule has 0 aliphatic heterocycles. The van der Waals surface area contributed by atoms with Gasteiger partial charge in [-0.15, -0.1) is 0 Å². The smallest absolute Gasteiger partial charge is 0.314 e. The van der Waals surface area contributed by atoms with Crippen LogP contribution in [-0.2, 0) is 31.6 Å². The van der Waals surface area contributed by atoms with Crippen LogP contribution in [0.2, 0.25) is 0 Å². The van der Waals surface area contributed by atoms with Crippen molar-refractivity contribution in [2.75, 3.05) is 5.32 Å². The first-order valence-corrected chi connectivity index (χ1v) is 10.9. The van der Waals surface area contributed by atoms with Gasteiger partial charge in [0.1, 0.15) is 5.76 Å². The van der Waals surface area contributed by atoms with Gasteiger partial charge in [-0.2, -0.15) is 0 Å². The standard InChI is InChI=1S/C22H22N2O6S/c1-22(21(26)27,16-7-3-2-4-8-16)14-20(25)24-17-9-5-11-19(13-17)31(28,29)23-15-18-10-6-12-30-18/h2-13,23H,14-15H2,1H3,(H,24,25)(H,26,27)/t22-/m1/s1. The van der Waals surface area contributed by atoms with Gasteiger partial charge in [-0.25, -0.2) is 13.1 Å². The number of amides is 1. The maximum atomic E-state index is 12.6. The van der Waals surface area contributed by atoms with E-state index in [0.717, 1.165) is 0 Å². The van der Waals surface area contributed by atoms with Crippen LogP contribution in [0.25, 0.3) is 0 Å². The highest BCUT2D eigenvalue weighted by Gasteiger charge is 2.37. The fourth-order valence-electron chi connectivity index (χ4n) is 3.04. The SMILES string of the molecule is C[C@](CC(=O)Nc1cccc(S(=O)(=O)NCc2ccco2)c1)(C(=O)O)c1ccccc1. The van der Waals surface area contributed by atoms with Crippen LogP contribution < -0.4 is 10.0 Å². The summed E-state index contributed by atoms with van der Waals surface area (Å²) in [5.41, 5.74) is -0.692. The van der Waals surface area contributed by atoms with Crippen molar-refractivity contribution in [2.45, 2.75) is 30.2 Å². The summed E-state index contributed by atoms with van der Waals surface area (Å²) in [6.45, 7) is 1.46. The van der Waals surface area contributed by atoms with Crippen molar-refractivity contribution in [1.82, 2.24) is 4.72 Å². The zero-order chi connectivity index (χ0) is 22.5. The van der Waals surface area contributed by atoms with E-state index < -0.39 is 27.3 Å². The Balaban J connectivity index is 1.72. The summed E-state index contributed by atoms with van der Waals surface area (Å²) < 4.78 is 32.6. The first-order chi connectivity index (χ1) is 14.7. The van der Waals surface area contributed by atoms with E-state index >= 15 is 0 Å². The molecule has 0 saturated heterocycles. The van der Waals surface area contributed by atoms with Crippen LogP contribution in [0.1, 0.15) is 24.7 Å². The minimum Gasteiger partial charge on any atom is -0.481 e. The number of furan rings is 1. The predicted octanol–water partition coefficient (Wildman–Crippen LogP) is 3.13. The lowest BCUT2D eigenvalue weighted by atomic mass is 9.79. The third-order valence-corrected chi connectivity index (χ3v) is 6.24. The van der Waals surface area contributed by atoms with Crippen LogP contribution in [0.5, 0.6) is 0 Å². The molecule has 3 N–H and O–H groups in total. The predicted molar refractivity (Wildman–Crippen MR) is 114 cm³/mol. The Labute approximate surface area is 180 Å². The lowest BCUT2D eigenvalue weighted by Crippen LogP contribution is -2.36. The van der Waals surface area contributed by atoms with Crippen molar-refractivity contribution >= 4 is 27.6 Å². The van der Waals surface area contributed by atoms with Crippen molar-refractivity contribution in [2.24, 2.45) is 0 Å². The normalized spacial score (nSPS) is 13.3. The molecule has 0 bridgehead atoms. The molecule has 1 heterocycles. The second-order valence-electron chi connectivity index (χ2n) is 7.16. The molecule has 9 heteroatoms. The molecule has 0 saturated carbocycles. The maximum absolute atomic E-state index is 12.6. The number of carbonyl (C=O) groups is 2. The lowest BCUT2D eigenvalue weighted by molar-refractivity contribution is -0.145. The quantitative estimate of drug-likeness (QED) is 0.467. The number of hydrogen-bond acceptors (Lipinski definition) is 5. The van der Waals surface area contributed by atoms with Crippen molar-refractivity contribution < 1.29 is 27.5 Å². The van der Waals surface area contributed by atoms with Crippen LogP contribution >= 0.6 is 0 Å². The molecule has 2 aromatic carbocycles. The molecule has 0 aliphatic carbocycles. The molecule has 0 radical (unpaired) electrons. The lowest BCUT2D eigenvalue weighted by Gasteiger charge is -2.24. The average molecular weight is 442 g/mol. The molecule has 0 fully saturated rings. The summed E-state index contributed by atoms with van der Waals surface area (Å²) in [6, 6.07) is 17.5. The summed E-state index contributed by atoms with van der Waals surface area (Å²) in [4.78, 5) is 24.4. The highest BCUT2D eigenvalue weighted by molar-refractivity contribution is 7.89. The van der Waals surface area contributed by atoms with Gasteiger partial charge in [0.25, 0.3) is 0 Å². The van der Waals surface area contributed by atoms with E-state index in [9.17, 15) is 23.1 Å². The maximum Gasteiger partial charge on any atom is 0.314 e. The number of aliphatic carboxylic acids is 1. The fourth-order valence-corrected chi connectivity index (χ4v) is 4.08.